The molecule has 0 bridgehead atoms. The lowest BCUT2D eigenvalue weighted by Crippen LogP contribution is -2.18. The van der Waals surface area contributed by atoms with Crippen LogP contribution < -0.4 is 0 Å². The van der Waals surface area contributed by atoms with Gasteiger partial charge in [0.15, 0.2) is 5.58 Å². The third kappa shape index (κ3) is 2.69. The Bertz CT molecular complexity index is 1280. The van der Waals surface area contributed by atoms with Gasteiger partial charge in [0, 0.05) is 21.8 Å². The van der Waals surface area contributed by atoms with Gasteiger partial charge in [0.05, 0.1) is 11.9 Å². The van der Waals surface area contributed by atoms with E-state index in [1.54, 1.807) is 0 Å². The molecule has 0 fully saturated rings. The minimum absolute atomic E-state index is 0.0797. The van der Waals surface area contributed by atoms with Crippen LogP contribution in [-0.2, 0) is 5.41 Å². The molecular formula is C26H21NO. The van der Waals surface area contributed by atoms with Gasteiger partial charge in [-0.05, 0) is 29.3 Å². The summed E-state index contributed by atoms with van der Waals surface area (Å²) in [6.45, 7) is 4.53. The molecule has 0 aliphatic heterocycles. The van der Waals surface area contributed by atoms with Gasteiger partial charge < -0.3 is 4.42 Å². The number of hydrogen-bond donors (Lipinski definition) is 0. The van der Waals surface area contributed by atoms with Crippen LogP contribution in [0.25, 0.3) is 33.2 Å². The van der Waals surface area contributed by atoms with E-state index in [4.69, 9.17) is 4.42 Å². The van der Waals surface area contributed by atoms with Crippen LogP contribution in [0.1, 0.15) is 25.0 Å². The van der Waals surface area contributed by atoms with E-state index in [-0.39, 0.29) is 5.41 Å². The van der Waals surface area contributed by atoms with Gasteiger partial charge in [0.2, 0.25) is 0 Å². The molecule has 0 saturated heterocycles. The molecule has 0 spiro atoms. The van der Waals surface area contributed by atoms with Crippen molar-refractivity contribution in [3.63, 3.8) is 0 Å². The number of aromatic nitrogens is 1. The summed E-state index contributed by atoms with van der Waals surface area (Å²) in [5.41, 5.74) is 6.30. The third-order valence-corrected chi connectivity index (χ3v) is 5.64. The second-order valence-corrected chi connectivity index (χ2v) is 7.74. The fraction of sp³-hybridized carbons (Fsp3) is 0.115. The lowest BCUT2D eigenvalue weighted by atomic mass is 9.77. The van der Waals surface area contributed by atoms with Crippen molar-refractivity contribution in [1.29, 1.82) is 0 Å². The van der Waals surface area contributed by atoms with E-state index in [9.17, 15) is 0 Å². The molecular weight excluding hydrogens is 342 g/mol. The van der Waals surface area contributed by atoms with Gasteiger partial charge in [-0.1, -0.05) is 80.6 Å². The first-order chi connectivity index (χ1) is 13.6. The Kier molecular flexibility index (Phi) is 3.80. The van der Waals surface area contributed by atoms with Crippen LogP contribution in [0.3, 0.4) is 0 Å². The number of hydrogen-bond acceptors (Lipinski definition) is 2. The highest BCUT2D eigenvalue weighted by molar-refractivity contribution is 6.05. The molecule has 136 valence electrons. The lowest BCUT2D eigenvalue weighted by molar-refractivity contribution is 0.641. The van der Waals surface area contributed by atoms with Gasteiger partial charge in [0.25, 0.3) is 0 Å². The first-order valence-corrected chi connectivity index (χ1v) is 9.57. The maximum absolute atomic E-state index is 5.92. The highest BCUT2D eigenvalue weighted by atomic mass is 16.3. The maximum Gasteiger partial charge on any atom is 0.153 e. The van der Waals surface area contributed by atoms with Crippen LogP contribution in [0.2, 0.25) is 0 Å². The van der Waals surface area contributed by atoms with Gasteiger partial charge in [-0.25, -0.2) is 0 Å². The molecule has 0 amide bonds. The molecule has 0 unspecified atom stereocenters. The molecule has 0 aliphatic carbocycles. The summed E-state index contributed by atoms with van der Waals surface area (Å²) in [6, 6.07) is 29.6. The van der Waals surface area contributed by atoms with Crippen LogP contribution in [0.5, 0.6) is 0 Å². The van der Waals surface area contributed by atoms with Crippen LogP contribution >= 0.6 is 0 Å². The Morgan fingerprint density at radius 2 is 1.43 bits per heavy atom. The molecule has 0 radical (unpaired) electrons. The highest BCUT2D eigenvalue weighted by Gasteiger charge is 2.23. The van der Waals surface area contributed by atoms with Crippen molar-refractivity contribution in [2.45, 2.75) is 19.3 Å². The number of furan rings is 1. The number of fused-ring (bicyclic) bond motifs is 3. The van der Waals surface area contributed by atoms with Crippen molar-refractivity contribution in [1.82, 2.24) is 4.98 Å². The van der Waals surface area contributed by atoms with Crippen LogP contribution in [-0.4, -0.2) is 4.98 Å². The van der Waals surface area contributed by atoms with Gasteiger partial charge >= 0.3 is 0 Å². The maximum atomic E-state index is 5.92. The van der Waals surface area contributed by atoms with E-state index in [0.29, 0.717) is 0 Å². The molecule has 3 aromatic carbocycles. The zero-order chi connectivity index (χ0) is 19.1. The van der Waals surface area contributed by atoms with Crippen molar-refractivity contribution in [3.05, 3.63) is 102 Å². The molecule has 2 aromatic heterocycles. The Hall–Kier alpha value is -3.39. The smallest absolute Gasteiger partial charge is 0.153 e. The first kappa shape index (κ1) is 16.8. The minimum Gasteiger partial charge on any atom is -0.454 e. The first-order valence-electron chi connectivity index (χ1n) is 9.57. The quantitative estimate of drug-likeness (QED) is 0.346. The monoisotopic (exact) mass is 363 g/mol. The number of rotatable bonds is 3. The number of benzene rings is 3. The average molecular weight is 363 g/mol. The summed E-state index contributed by atoms with van der Waals surface area (Å²) in [4.78, 5) is 4.67. The number of para-hydroxylation sites is 1. The predicted octanol–water partition coefficient (Wildman–Crippen LogP) is 6.97. The molecule has 2 heterocycles. The summed E-state index contributed by atoms with van der Waals surface area (Å²) < 4.78 is 5.92. The molecule has 5 aromatic rings. The molecule has 2 heteroatoms. The average Bonchev–Trinajstić information content (AvgIpc) is 3.12. The normalized spacial score (nSPS) is 11.9. The zero-order valence-corrected chi connectivity index (χ0v) is 16.0. The summed E-state index contributed by atoms with van der Waals surface area (Å²) in [5.74, 6) is 0. The van der Waals surface area contributed by atoms with E-state index in [2.05, 4.69) is 85.6 Å². The van der Waals surface area contributed by atoms with Crippen molar-refractivity contribution < 1.29 is 4.42 Å². The number of nitrogens with zero attached hydrogens (tertiary/aromatic N) is 1. The van der Waals surface area contributed by atoms with Gasteiger partial charge in [0.1, 0.15) is 5.58 Å². The third-order valence-electron chi connectivity index (χ3n) is 5.64. The summed E-state index contributed by atoms with van der Waals surface area (Å²) in [7, 11) is 0. The van der Waals surface area contributed by atoms with E-state index in [1.165, 1.54) is 11.1 Å². The van der Waals surface area contributed by atoms with Crippen molar-refractivity contribution >= 4 is 21.9 Å². The van der Waals surface area contributed by atoms with Crippen molar-refractivity contribution in [2.75, 3.05) is 0 Å². The van der Waals surface area contributed by atoms with E-state index in [1.807, 2.05) is 24.4 Å². The molecule has 2 nitrogen and oxygen atoms in total. The largest absolute Gasteiger partial charge is 0.454 e. The van der Waals surface area contributed by atoms with E-state index >= 15 is 0 Å². The highest BCUT2D eigenvalue weighted by Crippen LogP contribution is 2.35. The standard InChI is InChI=1S/C26H21NO/c1-26(2,19-10-4-3-5-11-19)20-12-8-9-18(15-20)23-16-22-21-13-6-7-14-24(21)28-25(22)17-27-23/h3-17H,1-2H3. The second kappa shape index (κ2) is 6.35. The molecule has 0 saturated carbocycles. The van der Waals surface area contributed by atoms with Crippen molar-refractivity contribution in [3.8, 4) is 11.3 Å². The van der Waals surface area contributed by atoms with Crippen LogP contribution in [0.15, 0.2) is 95.5 Å². The van der Waals surface area contributed by atoms with E-state index in [0.717, 1.165) is 33.2 Å². The molecule has 5 rings (SSSR count). The Labute approximate surface area is 164 Å². The topological polar surface area (TPSA) is 26.0 Å². The predicted molar refractivity (Wildman–Crippen MR) is 116 cm³/mol. The zero-order valence-electron chi connectivity index (χ0n) is 16.0. The molecule has 28 heavy (non-hydrogen) atoms. The van der Waals surface area contributed by atoms with Crippen molar-refractivity contribution in [2.24, 2.45) is 0 Å². The fourth-order valence-electron chi connectivity index (χ4n) is 3.88. The Balaban J connectivity index is 1.62. The van der Waals surface area contributed by atoms with Crippen LogP contribution in [0, 0.1) is 0 Å². The van der Waals surface area contributed by atoms with E-state index < -0.39 is 0 Å². The van der Waals surface area contributed by atoms with Gasteiger partial charge in [-0.3, -0.25) is 4.98 Å². The molecule has 0 aliphatic rings. The lowest BCUT2D eigenvalue weighted by Gasteiger charge is -2.26. The molecule has 0 N–H and O–H groups in total. The SMILES string of the molecule is CC(C)(c1ccccc1)c1cccc(-c2cc3c(cn2)oc2ccccc23)c1. The Morgan fingerprint density at radius 1 is 0.679 bits per heavy atom. The second-order valence-electron chi connectivity index (χ2n) is 7.74. The summed E-state index contributed by atoms with van der Waals surface area (Å²) >= 11 is 0. The Morgan fingerprint density at radius 3 is 2.29 bits per heavy atom. The van der Waals surface area contributed by atoms with Gasteiger partial charge in [-0.2, -0.15) is 0 Å². The van der Waals surface area contributed by atoms with Crippen LogP contribution in [0.4, 0.5) is 0 Å². The molecule has 0 atom stereocenters. The minimum atomic E-state index is -0.0797. The fourth-order valence-corrected chi connectivity index (χ4v) is 3.88. The number of pyridine rings is 1. The summed E-state index contributed by atoms with van der Waals surface area (Å²) in [5, 5.41) is 2.23. The van der Waals surface area contributed by atoms with Gasteiger partial charge in [-0.15, -0.1) is 0 Å². The summed E-state index contributed by atoms with van der Waals surface area (Å²) in [6.07, 6.45) is 1.83.